The zero-order chi connectivity index (χ0) is 19.5. The highest BCUT2D eigenvalue weighted by molar-refractivity contribution is 7.89. The van der Waals surface area contributed by atoms with E-state index in [0.717, 1.165) is 9.99 Å². The summed E-state index contributed by atoms with van der Waals surface area (Å²) in [6.07, 6.45) is 0. The molecule has 0 unspecified atom stereocenters. The highest BCUT2D eigenvalue weighted by atomic mass is 32.2. The molecule has 0 saturated heterocycles. The van der Waals surface area contributed by atoms with Crippen LogP contribution >= 0.6 is 0 Å². The van der Waals surface area contributed by atoms with E-state index in [4.69, 9.17) is 0 Å². The quantitative estimate of drug-likeness (QED) is 0.839. The van der Waals surface area contributed by atoms with Crippen molar-refractivity contribution in [1.82, 2.24) is 4.31 Å². The van der Waals surface area contributed by atoms with Gasteiger partial charge >= 0.3 is 0 Å². The Morgan fingerprint density at radius 3 is 1.85 bits per heavy atom. The van der Waals surface area contributed by atoms with Crippen molar-refractivity contribution in [1.29, 1.82) is 0 Å². The number of carbonyl (C=O) groups is 1. The number of benzene rings is 2. The van der Waals surface area contributed by atoms with Gasteiger partial charge in [0.05, 0.1) is 4.90 Å². The second-order valence-electron chi connectivity index (χ2n) is 7.22. The molecule has 0 spiro atoms. The molecule has 2 N–H and O–H groups in total. The van der Waals surface area contributed by atoms with Crippen LogP contribution in [0.3, 0.4) is 0 Å². The van der Waals surface area contributed by atoms with Crippen LogP contribution < -0.4 is 10.6 Å². The average molecular weight is 375 g/mol. The minimum absolute atomic E-state index is 0.0423. The van der Waals surface area contributed by atoms with Crippen molar-refractivity contribution in [2.45, 2.75) is 31.2 Å². The van der Waals surface area contributed by atoms with Crippen molar-refractivity contribution >= 4 is 27.3 Å². The Kier molecular flexibility index (Phi) is 5.73. The third-order valence-electron chi connectivity index (χ3n) is 3.56. The predicted octanol–water partition coefficient (Wildman–Crippen LogP) is 3.40. The van der Waals surface area contributed by atoms with Crippen LogP contribution in [0.25, 0.3) is 0 Å². The number of carbonyl (C=O) groups excluding carboxylic acids is 1. The number of sulfonamides is 1. The maximum absolute atomic E-state index is 12.3. The molecule has 2 aromatic rings. The number of hydrogen-bond donors (Lipinski definition) is 2. The van der Waals surface area contributed by atoms with Crippen molar-refractivity contribution in [2.75, 3.05) is 24.7 Å². The van der Waals surface area contributed by atoms with Crippen molar-refractivity contribution in [3.05, 3.63) is 54.1 Å². The molecule has 26 heavy (non-hydrogen) atoms. The lowest BCUT2D eigenvalue weighted by Gasteiger charge is -2.22. The van der Waals surface area contributed by atoms with E-state index in [-0.39, 0.29) is 16.3 Å². The highest BCUT2D eigenvalue weighted by Gasteiger charge is 2.17. The van der Waals surface area contributed by atoms with E-state index in [2.05, 4.69) is 31.4 Å². The molecular formula is C19H25N3O3S. The van der Waals surface area contributed by atoms with Crippen LogP contribution in [0.4, 0.5) is 11.4 Å². The molecule has 0 fully saturated rings. The normalized spacial score (nSPS) is 12.1. The van der Waals surface area contributed by atoms with Gasteiger partial charge in [0.2, 0.25) is 10.0 Å². The van der Waals surface area contributed by atoms with Gasteiger partial charge in [0, 0.05) is 36.6 Å². The second kappa shape index (κ2) is 7.47. The standard InChI is InChI=1S/C19H25N3O3S/c1-19(2,3)21-16-10-8-15(9-11-16)20-18(23)14-6-12-17(13-7-14)26(24,25)22(4)5/h6-13,21H,1-5H3,(H,20,23). The van der Waals surface area contributed by atoms with Gasteiger partial charge in [0.25, 0.3) is 5.91 Å². The smallest absolute Gasteiger partial charge is 0.255 e. The van der Waals surface area contributed by atoms with Gasteiger partial charge in [-0.1, -0.05) is 0 Å². The molecular weight excluding hydrogens is 350 g/mol. The van der Waals surface area contributed by atoms with Crippen LogP contribution in [-0.4, -0.2) is 38.3 Å². The first kappa shape index (κ1) is 19.9. The number of nitrogens with one attached hydrogen (secondary N) is 2. The molecule has 0 aliphatic rings. The number of rotatable bonds is 5. The Morgan fingerprint density at radius 2 is 1.38 bits per heavy atom. The first-order chi connectivity index (χ1) is 12.0. The van der Waals surface area contributed by atoms with Gasteiger partial charge in [0.1, 0.15) is 0 Å². The van der Waals surface area contributed by atoms with E-state index in [0.29, 0.717) is 11.3 Å². The Hall–Kier alpha value is -2.38. The van der Waals surface area contributed by atoms with Gasteiger partial charge in [-0.3, -0.25) is 4.79 Å². The summed E-state index contributed by atoms with van der Waals surface area (Å²) in [5, 5.41) is 6.15. The summed E-state index contributed by atoms with van der Waals surface area (Å²) >= 11 is 0. The molecule has 0 bridgehead atoms. The van der Waals surface area contributed by atoms with Gasteiger partial charge in [0.15, 0.2) is 0 Å². The third-order valence-corrected chi connectivity index (χ3v) is 5.39. The van der Waals surface area contributed by atoms with Crippen LogP contribution in [0, 0.1) is 0 Å². The summed E-state index contributed by atoms with van der Waals surface area (Å²) < 4.78 is 25.2. The maximum Gasteiger partial charge on any atom is 0.255 e. The largest absolute Gasteiger partial charge is 0.380 e. The zero-order valence-electron chi connectivity index (χ0n) is 15.7. The monoisotopic (exact) mass is 375 g/mol. The topological polar surface area (TPSA) is 78.5 Å². The summed E-state index contributed by atoms with van der Waals surface area (Å²) in [4.78, 5) is 12.5. The minimum Gasteiger partial charge on any atom is -0.380 e. The van der Waals surface area contributed by atoms with Gasteiger partial charge in [-0.25, -0.2) is 12.7 Å². The molecule has 7 heteroatoms. The number of amides is 1. The fourth-order valence-corrected chi connectivity index (χ4v) is 3.16. The molecule has 0 aromatic heterocycles. The molecule has 0 atom stereocenters. The van der Waals surface area contributed by atoms with Crippen molar-refractivity contribution in [3.8, 4) is 0 Å². The molecule has 0 saturated carbocycles. The van der Waals surface area contributed by atoms with Crippen LogP contribution in [0.15, 0.2) is 53.4 Å². The van der Waals surface area contributed by atoms with E-state index in [1.54, 1.807) is 0 Å². The molecule has 1 amide bonds. The van der Waals surface area contributed by atoms with Gasteiger partial charge < -0.3 is 10.6 Å². The van der Waals surface area contributed by atoms with E-state index in [1.807, 2.05) is 24.3 Å². The van der Waals surface area contributed by atoms with E-state index in [9.17, 15) is 13.2 Å². The predicted molar refractivity (Wildman–Crippen MR) is 105 cm³/mol. The molecule has 0 radical (unpaired) electrons. The summed E-state index contributed by atoms with van der Waals surface area (Å²) in [7, 11) is -0.571. The summed E-state index contributed by atoms with van der Waals surface area (Å²) in [6.45, 7) is 6.22. The third kappa shape index (κ3) is 5.06. The maximum atomic E-state index is 12.3. The molecule has 140 valence electrons. The summed E-state index contributed by atoms with van der Waals surface area (Å²) in [5.41, 5.74) is 1.98. The number of nitrogens with zero attached hydrogens (tertiary/aromatic N) is 1. The molecule has 6 nitrogen and oxygen atoms in total. The fraction of sp³-hybridized carbons (Fsp3) is 0.316. The lowest BCUT2D eigenvalue weighted by molar-refractivity contribution is 0.102. The molecule has 2 aromatic carbocycles. The number of anilines is 2. The first-order valence-electron chi connectivity index (χ1n) is 8.21. The van der Waals surface area contributed by atoms with Gasteiger partial charge in [-0.05, 0) is 69.3 Å². The molecule has 0 aliphatic heterocycles. The number of hydrogen-bond acceptors (Lipinski definition) is 4. The molecule has 0 aliphatic carbocycles. The molecule has 0 heterocycles. The Morgan fingerprint density at radius 1 is 0.885 bits per heavy atom. The van der Waals surface area contributed by atoms with Crippen LogP contribution in [0.5, 0.6) is 0 Å². The first-order valence-corrected chi connectivity index (χ1v) is 9.65. The van der Waals surface area contributed by atoms with Gasteiger partial charge in [-0.15, -0.1) is 0 Å². The average Bonchev–Trinajstić information content (AvgIpc) is 2.55. The van der Waals surface area contributed by atoms with Crippen LogP contribution in [0.2, 0.25) is 0 Å². The zero-order valence-corrected chi connectivity index (χ0v) is 16.5. The SMILES string of the molecule is CN(C)S(=O)(=O)c1ccc(C(=O)Nc2ccc(NC(C)(C)C)cc2)cc1. The van der Waals surface area contributed by atoms with Crippen LogP contribution in [-0.2, 0) is 10.0 Å². The summed E-state index contributed by atoms with van der Waals surface area (Å²) in [5.74, 6) is -0.296. The van der Waals surface area contributed by atoms with E-state index in [1.165, 1.54) is 38.4 Å². The Balaban J connectivity index is 2.08. The van der Waals surface area contributed by atoms with Crippen LogP contribution in [0.1, 0.15) is 31.1 Å². The van der Waals surface area contributed by atoms with Crippen molar-refractivity contribution < 1.29 is 13.2 Å². The van der Waals surface area contributed by atoms with Crippen molar-refractivity contribution in [3.63, 3.8) is 0 Å². The Labute approximate surface area is 155 Å². The second-order valence-corrected chi connectivity index (χ2v) is 9.37. The minimum atomic E-state index is -3.50. The lowest BCUT2D eigenvalue weighted by atomic mass is 10.1. The van der Waals surface area contributed by atoms with Gasteiger partial charge in [-0.2, -0.15) is 0 Å². The highest BCUT2D eigenvalue weighted by Crippen LogP contribution is 2.19. The summed E-state index contributed by atoms with van der Waals surface area (Å²) in [6, 6.07) is 13.3. The Bertz CT molecular complexity index is 866. The van der Waals surface area contributed by atoms with Crippen molar-refractivity contribution in [2.24, 2.45) is 0 Å². The fourth-order valence-electron chi connectivity index (χ4n) is 2.26. The lowest BCUT2D eigenvalue weighted by Crippen LogP contribution is -2.25. The van der Waals surface area contributed by atoms with E-state index < -0.39 is 10.0 Å². The van der Waals surface area contributed by atoms with E-state index >= 15 is 0 Å². The molecule has 2 rings (SSSR count).